The second kappa shape index (κ2) is 4.83. The van der Waals surface area contributed by atoms with Crippen molar-refractivity contribution in [1.82, 2.24) is 0 Å². The highest BCUT2D eigenvalue weighted by Crippen LogP contribution is 2.33. The lowest BCUT2D eigenvalue weighted by Gasteiger charge is -2.12. The molecular formula is C18H20FN2+. The molecule has 0 fully saturated rings. The van der Waals surface area contributed by atoms with Crippen LogP contribution >= 0.6 is 0 Å². The topological polar surface area (TPSA) is 29.9 Å². The van der Waals surface area contributed by atoms with Crippen LogP contribution in [0.2, 0.25) is 0 Å². The lowest BCUT2D eigenvalue weighted by atomic mass is 10.0. The molecule has 0 amide bonds. The molecule has 0 saturated carbocycles. The number of pyridine rings is 1. The average molecular weight is 283 g/mol. The molecule has 0 radical (unpaired) electrons. The summed E-state index contributed by atoms with van der Waals surface area (Å²) in [5.74, 6) is -0.170. The van der Waals surface area contributed by atoms with E-state index in [1.54, 1.807) is 12.1 Å². The van der Waals surface area contributed by atoms with Crippen LogP contribution in [0.25, 0.3) is 0 Å². The van der Waals surface area contributed by atoms with Crippen LogP contribution in [0, 0.1) is 5.82 Å². The van der Waals surface area contributed by atoms with Gasteiger partial charge in [-0.25, -0.2) is 4.39 Å². The molecule has 2 nitrogen and oxygen atoms in total. The van der Waals surface area contributed by atoms with Gasteiger partial charge >= 0.3 is 0 Å². The lowest BCUT2D eigenvalue weighted by molar-refractivity contribution is -0.702. The van der Waals surface area contributed by atoms with Crippen LogP contribution in [-0.4, -0.2) is 0 Å². The maximum absolute atomic E-state index is 13.1. The van der Waals surface area contributed by atoms with E-state index < -0.39 is 0 Å². The van der Waals surface area contributed by atoms with Crippen LogP contribution in [0.15, 0.2) is 24.3 Å². The van der Waals surface area contributed by atoms with Gasteiger partial charge in [-0.1, -0.05) is 0 Å². The first-order valence-corrected chi connectivity index (χ1v) is 7.83. The molecule has 21 heavy (non-hydrogen) atoms. The zero-order valence-corrected chi connectivity index (χ0v) is 12.2. The molecule has 3 heteroatoms. The van der Waals surface area contributed by atoms with Crippen LogP contribution < -0.4 is 10.3 Å². The monoisotopic (exact) mass is 283 g/mol. The molecule has 2 aromatic rings. The number of halogens is 1. The molecule has 1 heterocycles. The standard InChI is InChI=1S/C18H19FN2/c19-13-9-7-12(8-10-13)11-21-16-5-1-3-14(16)18(20)15-4-2-6-17(15)21/h7-10,20H,1-6,11H2/p+1. The zero-order valence-electron chi connectivity index (χ0n) is 12.2. The molecule has 2 aliphatic carbocycles. The highest BCUT2D eigenvalue weighted by molar-refractivity contribution is 5.57. The minimum absolute atomic E-state index is 0.170. The van der Waals surface area contributed by atoms with Gasteiger partial charge < -0.3 is 5.73 Å². The van der Waals surface area contributed by atoms with E-state index in [4.69, 9.17) is 5.73 Å². The van der Waals surface area contributed by atoms with E-state index in [-0.39, 0.29) is 5.82 Å². The van der Waals surface area contributed by atoms with Crippen LogP contribution in [-0.2, 0) is 32.2 Å². The van der Waals surface area contributed by atoms with Gasteiger partial charge in [-0.15, -0.1) is 0 Å². The van der Waals surface area contributed by atoms with E-state index in [2.05, 4.69) is 4.57 Å². The Morgan fingerprint density at radius 1 is 0.905 bits per heavy atom. The normalized spacial score (nSPS) is 16.0. The Balaban J connectivity index is 1.83. The number of hydrogen-bond acceptors (Lipinski definition) is 1. The fourth-order valence-corrected chi connectivity index (χ4v) is 3.94. The van der Waals surface area contributed by atoms with Gasteiger partial charge in [0.15, 0.2) is 17.9 Å². The molecule has 2 N–H and O–H groups in total. The summed E-state index contributed by atoms with van der Waals surface area (Å²) in [6.45, 7) is 0.839. The van der Waals surface area contributed by atoms with E-state index in [0.29, 0.717) is 0 Å². The third-order valence-corrected chi connectivity index (χ3v) is 4.93. The Hall–Kier alpha value is -1.90. The third kappa shape index (κ3) is 2.03. The van der Waals surface area contributed by atoms with E-state index in [0.717, 1.165) is 43.5 Å². The number of nitrogen functional groups attached to an aromatic ring is 1. The largest absolute Gasteiger partial charge is 0.398 e. The van der Waals surface area contributed by atoms with Gasteiger partial charge in [0.25, 0.3) is 0 Å². The molecule has 0 atom stereocenters. The molecule has 4 rings (SSSR count). The van der Waals surface area contributed by atoms with Crippen molar-refractivity contribution in [2.45, 2.75) is 45.1 Å². The van der Waals surface area contributed by atoms with Crippen molar-refractivity contribution in [3.05, 3.63) is 58.2 Å². The molecule has 1 aromatic heterocycles. The zero-order chi connectivity index (χ0) is 14.4. The highest BCUT2D eigenvalue weighted by Gasteiger charge is 2.33. The van der Waals surface area contributed by atoms with E-state index >= 15 is 0 Å². The predicted molar refractivity (Wildman–Crippen MR) is 80.6 cm³/mol. The van der Waals surface area contributed by atoms with Crippen molar-refractivity contribution < 1.29 is 8.96 Å². The first-order chi connectivity index (χ1) is 10.2. The van der Waals surface area contributed by atoms with E-state index in [9.17, 15) is 4.39 Å². The molecule has 1 aromatic carbocycles. The Morgan fingerprint density at radius 3 is 2.05 bits per heavy atom. The maximum Gasteiger partial charge on any atom is 0.187 e. The van der Waals surface area contributed by atoms with Crippen LogP contribution in [0.5, 0.6) is 0 Å². The molecule has 0 spiro atoms. The number of nitrogens with two attached hydrogens (primary N) is 1. The minimum Gasteiger partial charge on any atom is -0.398 e. The summed E-state index contributed by atoms with van der Waals surface area (Å²) in [6.07, 6.45) is 6.86. The Bertz CT molecular complexity index is 669. The Morgan fingerprint density at radius 2 is 1.48 bits per heavy atom. The summed E-state index contributed by atoms with van der Waals surface area (Å²) in [6, 6.07) is 6.88. The fraction of sp³-hybridized carbons (Fsp3) is 0.389. The van der Waals surface area contributed by atoms with Crippen molar-refractivity contribution in [3.8, 4) is 0 Å². The van der Waals surface area contributed by atoms with Crippen molar-refractivity contribution in [3.63, 3.8) is 0 Å². The summed E-state index contributed by atoms with van der Waals surface area (Å²) in [5.41, 5.74) is 14.2. The summed E-state index contributed by atoms with van der Waals surface area (Å²) >= 11 is 0. The van der Waals surface area contributed by atoms with Gasteiger partial charge in [-0.3, -0.25) is 0 Å². The van der Waals surface area contributed by atoms with Gasteiger partial charge in [0, 0.05) is 29.5 Å². The molecular weight excluding hydrogens is 263 g/mol. The van der Waals surface area contributed by atoms with Gasteiger partial charge in [0.2, 0.25) is 0 Å². The number of rotatable bonds is 2. The first kappa shape index (κ1) is 12.8. The van der Waals surface area contributed by atoms with Crippen molar-refractivity contribution >= 4 is 5.69 Å². The molecule has 0 aliphatic heterocycles. The number of hydrogen-bond donors (Lipinski definition) is 1. The molecule has 2 aliphatic rings. The van der Waals surface area contributed by atoms with Gasteiger partial charge in [-0.05, 0) is 49.9 Å². The summed E-state index contributed by atoms with van der Waals surface area (Å²) in [5, 5.41) is 0. The Labute approximate surface area is 124 Å². The van der Waals surface area contributed by atoms with Crippen LogP contribution in [0.4, 0.5) is 10.1 Å². The highest BCUT2D eigenvalue weighted by atomic mass is 19.1. The average Bonchev–Trinajstić information content (AvgIpc) is 3.15. The number of benzene rings is 1. The predicted octanol–water partition coefficient (Wildman–Crippen LogP) is 2.72. The van der Waals surface area contributed by atoms with E-state index in [1.807, 2.05) is 12.1 Å². The molecule has 0 unspecified atom stereocenters. The van der Waals surface area contributed by atoms with Crippen molar-refractivity contribution in [2.75, 3.05) is 5.73 Å². The number of aromatic nitrogens is 1. The molecule has 0 bridgehead atoms. The second-order valence-electron chi connectivity index (χ2n) is 6.18. The van der Waals surface area contributed by atoms with Crippen LogP contribution in [0.3, 0.4) is 0 Å². The Kier molecular flexibility index (Phi) is 2.95. The summed E-state index contributed by atoms with van der Waals surface area (Å²) < 4.78 is 15.6. The van der Waals surface area contributed by atoms with Gasteiger partial charge in [0.1, 0.15) is 5.82 Å². The van der Waals surface area contributed by atoms with Gasteiger partial charge in [0.05, 0.1) is 5.69 Å². The third-order valence-electron chi connectivity index (χ3n) is 4.93. The number of nitrogens with zero attached hydrogens (tertiary/aromatic N) is 1. The van der Waals surface area contributed by atoms with Crippen molar-refractivity contribution in [2.24, 2.45) is 0 Å². The lowest BCUT2D eigenvalue weighted by Crippen LogP contribution is -2.44. The summed E-state index contributed by atoms with van der Waals surface area (Å²) in [7, 11) is 0. The summed E-state index contributed by atoms with van der Waals surface area (Å²) in [4.78, 5) is 0. The minimum atomic E-state index is -0.170. The quantitative estimate of drug-likeness (QED) is 0.844. The smallest absolute Gasteiger partial charge is 0.187 e. The second-order valence-corrected chi connectivity index (χ2v) is 6.18. The maximum atomic E-state index is 13.1. The van der Waals surface area contributed by atoms with Crippen LogP contribution in [0.1, 0.15) is 40.9 Å². The fourth-order valence-electron chi connectivity index (χ4n) is 3.94. The van der Waals surface area contributed by atoms with Crippen molar-refractivity contribution in [1.29, 1.82) is 0 Å². The molecule has 108 valence electrons. The first-order valence-electron chi connectivity index (χ1n) is 7.83. The number of anilines is 1. The van der Waals surface area contributed by atoms with Gasteiger partial charge in [-0.2, -0.15) is 4.57 Å². The molecule has 0 saturated heterocycles. The number of fused-ring (bicyclic) bond motifs is 2. The SMILES string of the molecule is Nc1c2c([n+](Cc3ccc(F)cc3)c3c1CCC3)CCC2. The van der Waals surface area contributed by atoms with E-state index in [1.165, 1.54) is 35.4 Å².